The molecule has 7 nitrogen and oxygen atoms in total. The maximum atomic E-state index is 13.7. The van der Waals surface area contributed by atoms with E-state index in [0.29, 0.717) is 42.3 Å². The molecule has 1 atom stereocenters. The Labute approximate surface area is 193 Å². The van der Waals surface area contributed by atoms with Crippen molar-refractivity contribution in [1.29, 1.82) is 0 Å². The van der Waals surface area contributed by atoms with Gasteiger partial charge in [-0.3, -0.25) is 9.59 Å². The maximum absolute atomic E-state index is 13.7. The van der Waals surface area contributed by atoms with Crippen LogP contribution in [0.25, 0.3) is 22.2 Å². The van der Waals surface area contributed by atoms with Gasteiger partial charge in [0.15, 0.2) is 11.5 Å². The van der Waals surface area contributed by atoms with Gasteiger partial charge in [0.25, 0.3) is 5.91 Å². The number of benzene rings is 2. The Balaban J connectivity index is 1.72. The minimum atomic E-state index is -0.0502. The molecule has 0 spiro atoms. The lowest BCUT2D eigenvalue weighted by atomic mass is 10.0. The van der Waals surface area contributed by atoms with Crippen LogP contribution in [0.2, 0.25) is 0 Å². The third kappa shape index (κ3) is 4.77. The molecule has 1 N–H and O–H groups in total. The van der Waals surface area contributed by atoms with Crippen LogP contribution < -0.4 is 14.8 Å². The average molecular weight is 448 g/mol. The van der Waals surface area contributed by atoms with Crippen molar-refractivity contribution >= 4 is 22.7 Å². The molecule has 2 aromatic carbocycles. The van der Waals surface area contributed by atoms with Crippen molar-refractivity contribution < 1.29 is 19.1 Å². The molecule has 33 heavy (non-hydrogen) atoms. The number of hydrogen-bond donors (Lipinski definition) is 1. The van der Waals surface area contributed by atoms with Gasteiger partial charge in [-0.15, -0.1) is 0 Å². The van der Waals surface area contributed by atoms with E-state index in [1.807, 2.05) is 60.4 Å². The molecule has 0 radical (unpaired) electrons. The monoisotopic (exact) mass is 447 g/mol. The molecule has 0 saturated carbocycles. The Morgan fingerprint density at radius 1 is 1.09 bits per heavy atom. The Hall–Kier alpha value is -3.61. The fraction of sp³-hybridized carbons (Fsp3) is 0.346. The van der Waals surface area contributed by atoms with Gasteiger partial charge in [-0.05, 0) is 43.2 Å². The number of carbonyl (C=O) groups excluding carboxylic acids is 2. The first-order valence-electron chi connectivity index (χ1n) is 11.2. The van der Waals surface area contributed by atoms with Gasteiger partial charge >= 0.3 is 0 Å². The van der Waals surface area contributed by atoms with E-state index >= 15 is 0 Å². The number of likely N-dealkylation sites (tertiary alicyclic amines) is 1. The normalized spacial score (nSPS) is 15.8. The van der Waals surface area contributed by atoms with E-state index in [1.54, 1.807) is 14.2 Å². The van der Waals surface area contributed by atoms with E-state index in [1.165, 1.54) is 0 Å². The van der Waals surface area contributed by atoms with Crippen molar-refractivity contribution in [1.82, 2.24) is 15.2 Å². The van der Waals surface area contributed by atoms with Crippen molar-refractivity contribution in [3.63, 3.8) is 0 Å². The number of para-hydroxylation sites is 1. The molecule has 0 bridgehead atoms. The summed E-state index contributed by atoms with van der Waals surface area (Å²) in [5.41, 5.74) is 2.87. The van der Waals surface area contributed by atoms with Crippen molar-refractivity contribution in [2.45, 2.75) is 32.2 Å². The third-order valence-corrected chi connectivity index (χ3v) is 6.02. The van der Waals surface area contributed by atoms with Crippen molar-refractivity contribution in [2.75, 3.05) is 27.3 Å². The molecule has 1 aliphatic rings. The molecular formula is C26H29N3O4. The highest BCUT2D eigenvalue weighted by Crippen LogP contribution is 2.33. The summed E-state index contributed by atoms with van der Waals surface area (Å²) in [6.07, 6.45) is 2.17. The van der Waals surface area contributed by atoms with Gasteiger partial charge < -0.3 is 19.7 Å². The molecule has 2 heterocycles. The van der Waals surface area contributed by atoms with Crippen LogP contribution in [0.15, 0.2) is 48.5 Å². The summed E-state index contributed by atoms with van der Waals surface area (Å²) in [7, 11) is 3.19. The molecular weight excluding hydrogens is 418 g/mol. The Bertz CT molecular complexity index is 1180. The minimum absolute atomic E-state index is 0.0133. The number of methoxy groups -OCH3 is 2. The lowest BCUT2D eigenvalue weighted by Gasteiger charge is -2.33. The number of ether oxygens (including phenoxy) is 2. The number of piperidine rings is 1. The number of carbonyl (C=O) groups is 2. The first kappa shape index (κ1) is 22.6. The van der Waals surface area contributed by atoms with E-state index in [2.05, 4.69) is 5.32 Å². The summed E-state index contributed by atoms with van der Waals surface area (Å²) < 4.78 is 10.8. The Kier molecular flexibility index (Phi) is 6.77. The molecule has 1 fully saturated rings. The Morgan fingerprint density at radius 3 is 2.64 bits per heavy atom. The molecule has 1 unspecified atom stereocenters. The van der Waals surface area contributed by atoms with Crippen LogP contribution in [0, 0.1) is 0 Å². The highest BCUT2D eigenvalue weighted by Gasteiger charge is 2.27. The van der Waals surface area contributed by atoms with Gasteiger partial charge in [0.2, 0.25) is 5.91 Å². The van der Waals surface area contributed by atoms with Gasteiger partial charge in [0.1, 0.15) is 0 Å². The van der Waals surface area contributed by atoms with Gasteiger partial charge in [-0.1, -0.05) is 25.1 Å². The molecule has 0 aliphatic carbocycles. The molecule has 7 heteroatoms. The molecule has 1 aliphatic heterocycles. The number of fused-ring (bicyclic) bond motifs is 1. The Morgan fingerprint density at radius 2 is 1.88 bits per heavy atom. The van der Waals surface area contributed by atoms with Crippen LogP contribution in [0.5, 0.6) is 11.5 Å². The molecule has 4 rings (SSSR count). The van der Waals surface area contributed by atoms with E-state index in [9.17, 15) is 9.59 Å². The van der Waals surface area contributed by atoms with Gasteiger partial charge in [-0.2, -0.15) is 0 Å². The lowest BCUT2D eigenvalue weighted by molar-refractivity contribution is -0.121. The predicted molar refractivity (Wildman–Crippen MR) is 128 cm³/mol. The number of nitrogens with one attached hydrogen (secondary N) is 1. The van der Waals surface area contributed by atoms with Crippen molar-refractivity contribution in [3.8, 4) is 22.8 Å². The second kappa shape index (κ2) is 9.90. The van der Waals surface area contributed by atoms with Crippen LogP contribution in [-0.4, -0.2) is 55.0 Å². The number of aromatic nitrogens is 1. The first-order valence-corrected chi connectivity index (χ1v) is 11.2. The van der Waals surface area contributed by atoms with Crippen molar-refractivity contribution in [2.24, 2.45) is 0 Å². The highest BCUT2D eigenvalue weighted by molar-refractivity contribution is 6.07. The lowest BCUT2D eigenvalue weighted by Crippen LogP contribution is -2.49. The van der Waals surface area contributed by atoms with E-state index in [-0.39, 0.29) is 17.9 Å². The van der Waals surface area contributed by atoms with Gasteiger partial charge in [-0.25, -0.2) is 4.98 Å². The van der Waals surface area contributed by atoms with E-state index in [0.717, 1.165) is 29.3 Å². The van der Waals surface area contributed by atoms with Crippen LogP contribution >= 0.6 is 0 Å². The molecule has 3 aromatic rings. The topological polar surface area (TPSA) is 80.8 Å². The summed E-state index contributed by atoms with van der Waals surface area (Å²) in [5.74, 6) is 1.19. The van der Waals surface area contributed by atoms with Crippen LogP contribution in [-0.2, 0) is 4.79 Å². The third-order valence-electron chi connectivity index (χ3n) is 6.02. The number of rotatable bonds is 6. The minimum Gasteiger partial charge on any atom is -0.493 e. The number of hydrogen-bond acceptors (Lipinski definition) is 5. The summed E-state index contributed by atoms with van der Waals surface area (Å²) in [5, 5.41) is 3.84. The molecule has 1 aromatic heterocycles. The SMILES string of the molecule is CCC(=O)NC1CCCN(C(=O)c2cc(-c3ccc(OC)c(OC)c3)nc3ccccc23)C1. The second-order valence-corrected chi connectivity index (χ2v) is 8.15. The van der Waals surface area contributed by atoms with Crippen LogP contribution in [0.1, 0.15) is 36.5 Å². The standard InChI is InChI=1S/C26H29N3O4/c1-4-25(30)27-18-8-7-13-29(16-18)26(31)20-15-22(28-21-10-6-5-9-19(20)21)17-11-12-23(32-2)24(14-17)33-3/h5-6,9-12,14-15,18H,4,7-8,13,16H2,1-3H3,(H,27,30). The molecule has 2 amide bonds. The van der Waals surface area contributed by atoms with Crippen LogP contribution in [0.4, 0.5) is 0 Å². The fourth-order valence-corrected chi connectivity index (χ4v) is 4.28. The summed E-state index contributed by atoms with van der Waals surface area (Å²) in [6, 6.07) is 15.1. The zero-order valence-electron chi connectivity index (χ0n) is 19.3. The van der Waals surface area contributed by atoms with E-state index < -0.39 is 0 Å². The summed E-state index contributed by atoms with van der Waals surface area (Å²) in [4.78, 5) is 32.2. The van der Waals surface area contributed by atoms with Crippen LogP contribution in [0.3, 0.4) is 0 Å². The molecule has 172 valence electrons. The smallest absolute Gasteiger partial charge is 0.254 e. The summed E-state index contributed by atoms with van der Waals surface area (Å²) in [6.45, 7) is 3.01. The highest BCUT2D eigenvalue weighted by atomic mass is 16.5. The van der Waals surface area contributed by atoms with Gasteiger partial charge in [0.05, 0.1) is 31.0 Å². The van der Waals surface area contributed by atoms with Gasteiger partial charge in [0, 0.05) is 36.5 Å². The fourth-order valence-electron chi connectivity index (χ4n) is 4.28. The van der Waals surface area contributed by atoms with Crippen molar-refractivity contribution in [3.05, 3.63) is 54.1 Å². The largest absolute Gasteiger partial charge is 0.493 e. The quantitative estimate of drug-likeness (QED) is 0.617. The molecule has 1 saturated heterocycles. The predicted octanol–water partition coefficient (Wildman–Crippen LogP) is 4.05. The van der Waals surface area contributed by atoms with E-state index in [4.69, 9.17) is 14.5 Å². The maximum Gasteiger partial charge on any atom is 0.254 e. The first-order chi connectivity index (χ1) is 16.0. The number of nitrogens with zero attached hydrogens (tertiary/aromatic N) is 2. The zero-order chi connectivity index (χ0) is 23.4. The summed E-state index contributed by atoms with van der Waals surface area (Å²) >= 11 is 0. The average Bonchev–Trinajstić information content (AvgIpc) is 2.87. The number of amides is 2. The second-order valence-electron chi connectivity index (χ2n) is 8.15. The number of pyridine rings is 1. The zero-order valence-corrected chi connectivity index (χ0v) is 19.3.